The maximum Gasteiger partial charge on any atom is 0.368 e. The summed E-state index contributed by atoms with van der Waals surface area (Å²) in [7, 11) is 1.59. The van der Waals surface area contributed by atoms with E-state index in [-0.39, 0.29) is 34.0 Å². The molecule has 0 N–H and O–H groups in total. The zero-order valence-electron chi connectivity index (χ0n) is 2.80. The highest BCUT2D eigenvalue weighted by molar-refractivity contribution is 8.93. The van der Waals surface area contributed by atoms with Gasteiger partial charge in [0.2, 0.25) is 0 Å². The van der Waals surface area contributed by atoms with Crippen LogP contribution in [0.15, 0.2) is 0 Å². The third kappa shape index (κ3) is 30.8. The molecule has 4 heteroatoms. The van der Waals surface area contributed by atoms with Gasteiger partial charge in [0, 0.05) is 7.11 Å². The van der Waals surface area contributed by atoms with Crippen molar-refractivity contribution >= 4 is 50.6 Å². The van der Waals surface area contributed by atoms with Gasteiger partial charge in [-0.25, -0.2) is 0 Å². The second-order valence-corrected chi connectivity index (χ2v) is 0.707. The number of hydrogen-bond acceptors (Lipinski definition) is 1. The fraction of sp³-hybridized carbons (Fsp3) is 1.00. The summed E-state index contributed by atoms with van der Waals surface area (Å²) >= 11 is 2.08. The van der Waals surface area contributed by atoms with Crippen molar-refractivity contribution in [1.29, 1.82) is 0 Å². The number of halogens is 2. The van der Waals surface area contributed by atoms with Gasteiger partial charge in [0.05, 0.1) is 0 Å². The minimum absolute atomic E-state index is 0. The molecule has 32 valence electrons. The summed E-state index contributed by atoms with van der Waals surface area (Å²) in [5.41, 5.74) is 0. The van der Waals surface area contributed by atoms with Gasteiger partial charge in [-0.15, -0.1) is 34.0 Å². The molecule has 0 amide bonds. The van der Waals surface area contributed by atoms with Gasteiger partial charge in [-0.3, -0.25) is 0 Å². The van der Waals surface area contributed by atoms with Gasteiger partial charge in [-0.05, 0) is 0 Å². The first-order chi connectivity index (χ1) is 1.41. The standard InChI is InChI=1S/CH3O.Al.2BrH/c1-2;;;/h1H3;;2*1H/q-1;+1;;. The van der Waals surface area contributed by atoms with Crippen LogP contribution >= 0.6 is 34.0 Å². The average molecular weight is 220 g/mol. The number of rotatable bonds is 0. The fourth-order valence-corrected chi connectivity index (χ4v) is 0. The molecule has 5 heavy (non-hydrogen) atoms. The maximum absolute atomic E-state index is 4.17. The molecule has 0 bridgehead atoms. The van der Waals surface area contributed by atoms with Crippen LogP contribution in [0.4, 0.5) is 0 Å². The van der Waals surface area contributed by atoms with Crippen molar-refractivity contribution in [3.63, 3.8) is 0 Å². The second kappa shape index (κ2) is 18.0. The van der Waals surface area contributed by atoms with Gasteiger partial charge in [0.15, 0.2) is 0 Å². The first-order valence-corrected chi connectivity index (χ1v) is 1.12. The molecule has 0 fully saturated rings. The van der Waals surface area contributed by atoms with Crippen LogP contribution in [0, 0.1) is 0 Å². The van der Waals surface area contributed by atoms with Crippen LogP contribution in [-0.2, 0) is 3.79 Å². The average Bonchev–Trinajstić information content (AvgIpc) is 0.918. The summed E-state index contributed by atoms with van der Waals surface area (Å²) in [6.45, 7) is 0. The van der Waals surface area contributed by atoms with Crippen LogP contribution in [0.3, 0.4) is 0 Å². The summed E-state index contributed by atoms with van der Waals surface area (Å²) in [6, 6.07) is 0. The fourth-order valence-electron chi connectivity index (χ4n) is 0. The Morgan fingerprint density at radius 1 is 1.40 bits per heavy atom. The molecule has 0 aliphatic carbocycles. The van der Waals surface area contributed by atoms with E-state index in [2.05, 4.69) is 20.4 Å². The first kappa shape index (κ1) is 16.1. The molecule has 2 radical (unpaired) electrons. The van der Waals surface area contributed by atoms with E-state index in [0.29, 0.717) is 0 Å². The quantitative estimate of drug-likeness (QED) is 0.550. The molecular formula is CH5AlBr2O. The lowest BCUT2D eigenvalue weighted by molar-refractivity contribution is 0.460. The molecule has 0 heterocycles. The van der Waals surface area contributed by atoms with E-state index in [1.165, 1.54) is 0 Å². The highest BCUT2D eigenvalue weighted by atomic mass is 79.9. The number of hydrogen-bond donors (Lipinski definition) is 0. The Balaban J connectivity index is -0.0000000200. The molecule has 0 aromatic heterocycles. The molecule has 0 saturated heterocycles. The van der Waals surface area contributed by atoms with Crippen LogP contribution < -0.4 is 0 Å². The Bertz CT molecular complexity index is 9.61. The van der Waals surface area contributed by atoms with E-state index in [9.17, 15) is 0 Å². The normalized spacial score (nSPS) is 3.40. The van der Waals surface area contributed by atoms with Gasteiger partial charge in [-0.1, -0.05) is 0 Å². The summed E-state index contributed by atoms with van der Waals surface area (Å²) in [4.78, 5) is 0. The largest absolute Gasteiger partial charge is 0.518 e. The highest BCUT2D eigenvalue weighted by Gasteiger charge is 1.31. The van der Waals surface area contributed by atoms with Crippen LogP contribution in [0.2, 0.25) is 0 Å². The molecule has 0 unspecified atom stereocenters. The van der Waals surface area contributed by atoms with Crippen molar-refractivity contribution < 1.29 is 3.79 Å². The predicted octanol–water partition coefficient (Wildman–Crippen LogP) is 0.872. The van der Waals surface area contributed by atoms with Gasteiger partial charge in [0.25, 0.3) is 0 Å². The molecule has 0 aromatic carbocycles. The minimum Gasteiger partial charge on any atom is -0.518 e. The zero-order valence-corrected chi connectivity index (χ0v) is 7.38. The third-order valence-electron chi connectivity index (χ3n) is 0. The Labute approximate surface area is 61.4 Å². The molecule has 0 aliphatic heterocycles. The lowest BCUT2D eigenvalue weighted by atomic mass is 11.8. The summed E-state index contributed by atoms with van der Waals surface area (Å²) in [6.07, 6.45) is 0. The van der Waals surface area contributed by atoms with Crippen LogP contribution in [0.25, 0.3) is 0 Å². The Hall–Kier alpha value is 1.45. The smallest absolute Gasteiger partial charge is 0.368 e. The van der Waals surface area contributed by atoms with Gasteiger partial charge in [-0.2, -0.15) is 0 Å². The maximum atomic E-state index is 4.17. The molecule has 0 aromatic rings. The molecule has 0 aliphatic rings. The van der Waals surface area contributed by atoms with Crippen LogP contribution in [-0.4, -0.2) is 23.7 Å². The summed E-state index contributed by atoms with van der Waals surface area (Å²) in [5, 5.41) is 0. The highest BCUT2D eigenvalue weighted by Crippen LogP contribution is 1.24. The SMILES string of the molecule is Br.Br.C[O][Al]. The molecule has 0 atom stereocenters. The van der Waals surface area contributed by atoms with Gasteiger partial charge in [0.1, 0.15) is 0 Å². The van der Waals surface area contributed by atoms with Gasteiger partial charge >= 0.3 is 16.6 Å². The molecule has 0 rings (SSSR count). The van der Waals surface area contributed by atoms with E-state index in [4.69, 9.17) is 0 Å². The molecule has 0 spiro atoms. The van der Waals surface area contributed by atoms with Crippen molar-refractivity contribution in [3.8, 4) is 0 Å². The van der Waals surface area contributed by atoms with E-state index in [0.717, 1.165) is 0 Å². The van der Waals surface area contributed by atoms with E-state index in [1.54, 1.807) is 7.11 Å². The van der Waals surface area contributed by atoms with Crippen molar-refractivity contribution in [3.05, 3.63) is 0 Å². The van der Waals surface area contributed by atoms with Gasteiger partial charge < -0.3 is 3.79 Å². The van der Waals surface area contributed by atoms with Crippen molar-refractivity contribution in [2.45, 2.75) is 0 Å². The van der Waals surface area contributed by atoms with E-state index in [1.807, 2.05) is 0 Å². The van der Waals surface area contributed by atoms with Crippen LogP contribution in [0.1, 0.15) is 0 Å². The van der Waals surface area contributed by atoms with Crippen molar-refractivity contribution in [1.82, 2.24) is 0 Å². The monoisotopic (exact) mass is 218 g/mol. The Kier molecular flexibility index (Phi) is 57.8. The Morgan fingerprint density at radius 3 is 1.40 bits per heavy atom. The lowest BCUT2D eigenvalue weighted by Gasteiger charge is -1.63. The molecular weight excluding hydrogens is 215 g/mol. The van der Waals surface area contributed by atoms with Crippen LogP contribution in [0.5, 0.6) is 0 Å². The lowest BCUT2D eigenvalue weighted by Crippen LogP contribution is -1.60. The molecule has 0 saturated carbocycles. The molecule has 1 nitrogen and oxygen atoms in total. The van der Waals surface area contributed by atoms with E-state index >= 15 is 0 Å². The second-order valence-electron chi connectivity index (χ2n) is 0.236. The first-order valence-electron chi connectivity index (χ1n) is 0.644. The zero-order chi connectivity index (χ0) is 2.71. The summed E-state index contributed by atoms with van der Waals surface area (Å²) < 4.78 is 4.17. The predicted molar refractivity (Wildman–Crippen MR) is 33.4 cm³/mol. The van der Waals surface area contributed by atoms with Crippen molar-refractivity contribution in [2.75, 3.05) is 7.11 Å². The van der Waals surface area contributed by atoms with Crippen molar-refractivity contribution in [2.24, 2.45) is 0 Å². The minimum atomic E-state index is 0. The topological polar surface area (TPSA) is 9.23 Å². The summed E-state index contributed by atoms with van der Waals surface area (Å²) in [5.74, 6) is 0. The Morgan fingerprint density at radius 2 is 1.40 bits per heavy atom. The third-order valence-corrected chi connectivity index (χ3v) is 0. The van der Waals surface area contributed by atoms with E-state index < -0.39 is 0 Å².